The van der Waals surface area contributed by atoms with E-state index in [1.54, 1.807) is 24.1 Å². The summed E-state index contributed by atoms with van der Waals surface area (Å²) in [5.74, 6) is 1.32. The van der Waals surface area contributed by atoms with E-state index in [0.717, 1.165) is 18.8 Å². The van der Waals surface area contributed by atoms with E-state index >= 15 is 0 Å². The van der Waals surface area contributed by atoms with Gasteiger partial charge in [0.05, 0.1) is 13.2 Å². The van der Waals surface area contributed by atoms with Crippen LogP contribution in [0.25, 0.3) is 0 Å². The number of likely N-dealkylation sites (N-methyl/N-ethyl adjacent to an activating group) is 1. The van der Waals surface area contributed by atoms with Gasteiger partial charge in [-0.3, -0.25) is 9.69 Å². The largest absolute Gasteiger partial charge is 0.497 e. The topological polar surface area (TPSA) is 50.6 Å². The Morgan fingerprint density at radius 3 is 2.57 bits per heavy atom. The lowest BCUT2D eigenvalue weighted by molar-refractivity contribution is 0.0531. The molecule has 122 valence electrons. The number of rotatable bonds is 3. The molecule has 0 N–H and O–H groups in total. The van der Waals surface area contributed by atoms with Crippen LogP contribution in [0.4, 0.5) is 0 Å². The second-order valence-electron chi connectivity index (χ2n) is 5.88. The molecule has 0 saturated carbocycles. The van der Waals surface area contributed by atoms with Crippen LogP contribution in [0.5, 0.6) is 5.75 Å². The van der Waals surface area contributed by atoms with Crippen molar-refractivity contribution in [2.45, 2.75) is 6.04 Å². The number of aromatic nitrogens is 2. The summed E-state index contributed by atoms with van der Waals surface area (Å²) >= 11 is 0. The molecule has 1 aliphatic heterocycles. The Bertz CT molecular complexity index is 680. The molecule has 1 aromatic heterocycles. The first-order valence-electron chi connectivity index (χ1n) is 7.71. The highest BCUT2D eigenvalue weighted by Crippen LogP contribution is 2.26. The summed E-state index contributed by atoms with van der Waals surface area (Å²) in [4.78, 5) is 21.0. The standard InChI is InChI=1S/C17H22N4O2/c1-19-10-11-21(17(22)16-18-8-9-20(16)2)12-15(19)13-4-6-14(23-3)7-5-13/h4-9,15H,10-12H2,1-3H3. The van der Waals surface area contributed by atoms with Crippen LogP contribution < -0.4 is 4.74 Å². The summed E-state index contributed by atoms with van der Waals surface area (Å²) in [6.07, 6.45) is 3.45. The lowest BCUT2D eigenvalue weighted by Gasteiger charge is -2.39. The lowest BCUT2D eigenvalue weighted by atomic mass is 10.0. The fourth-order valence-corrected chi connectivity index (χ4v) is 2.96. The molecule has 0 radical (unpaired) electrons. The first-order valence-corrected chi connectivity index (χ1v) is 7.71. The number of amides is 1. The number of benzene rings is 1. The third-order valence-corrected chi connectivity index (χ3v) is 4.45. The van der Waals surface area contributed by atoms with Gasteiger partial charge in [-0.25, -0.2) is 4.98 Å². The molecule has 1 aromatic carbocycles. The molecule has 1 saturated heterocycles. The van der Waals surface area contributed by atoms with Crippen LogP contribution in [0.2, 0.25) is 0 Å². The molecular formula is C17H22N4O2. The molecule has 6 heteroatoms. The third kappa shape index (κ3) is 3.07. The Morgan fingerprint density at radius 2 is 1.96 bits per heavy atom. The Morgan fingerprint density at radius 1 is 1.22 bits per heavy atom. The van der Waals surface area contributed by atoms with Gasteiger partial charge in [0.15, 0.2) is 5.82 Å². The molecule has 0 spiro atoms. The number of hydrogen-bond donors (Lipinski definition) is 0. The van der Waals surface area contributed by atoms with E-state index in [-0.39, 0.29) is 11.9 Å². The normalized spacial score (nSPS) is 18.9. The van der Waals surface area contributed by atoms with Crippen molar-refractivity contribution in [2.24, 2.45) is 7.05 Å². The number of nitrogens with zero attached hydrogens (tertiary/aromatic N) is 4. The van der Waals surface area contributed by atoms with Gasteiger partial charge in [0.2, 0.25) is 0 Å². The SMILES string of the molecule is COc1ccc(C2CN(C(=O)c3nccn3C)CCN2C)cc1. The maximum Gasteiger partial charge on any atom is 0.289 e. The predicted molar refractivity (Wildman–Crippen MR) is 87.5 cm³/mol. The Kier molecular flexibility index (Phi) is 4.34. The number of ether oxygens (including phenoxy) is 1. The average molecular weight is 314 g/mol. The first kappa shape index (κ1) is 15.6. The van der Waals surface area contributed by atoms with Gasteiger partial charge in [0.25, 0.3) is 5.91 Å². The fraction of sp³-hybridized carbons (Fsp3) is 0.412. The monoisotopic (exact) mass is 314 g/mol. The number of carbonyl (C=O) groups is 1. The van der Waals surface area contributed by atoms with Crippen molar-refractivity contribution in [1.29, 1.82) is 0 Å². The van der Waals surface area contributed by atoms with Crippen LogP contribution in [0.1, 0.15) is 22.2 Å². The summed E-state index contributed by atoms with van der Waals surface area (Å²) in [6.45, 7) is 2.22. The molecule has 1 unspecified atom stereocenters. The van der Waals surface area contributed by atoms with E-state index in [9.17, 15) is 4.79 Å². The van der Waals surface area contributed by atoms with E-state index < -0.39 is 0 Å². The van der Waals surface area contributed by atoms with Crippen molar-refractivity contribution >= 4 is 5.91 Å². The summed E-state index contributed by atoms with van der Waals surface area (Å²) in [7, 11) is 5.60. The van der Waals surface area contributed by atoms with E-state index in [0.29, 0.717) is 12.4 Å². The number of aryl methyl sites for hydroxylation is 1. The summed E-state index contributed by atoms with van der Waals surface area (Å²) in [5.41, 5.74) is 1.19. The summed E-state index contributed by atoms with van der Waals surface area (Å²) < 4.78 is 6.98. The molecule has 2 aromatic rings. The van der Waals surface area contributed by atoms with Crippen molar-refractivity contribution in [3.8, 4) is 5.75 Å². The van der Waals surface area contributed by atoms with E-state index in [2.05, 4.69) is 29.1 Å². The Labute approximate surface area is 136 Å². The number of hydrogen-bond acceptors (Lipinski definition) is 4. The highest BCUT2D eigenvalue weighted by Gasteiger charge is 2.30. The van der Waals surface area contributed by atoms with Crippen molar-refractivity contribution in [3.63, 3.8) is 0 Å². The molecule has 1 aliphatic rings. The van der Waals surface area contributed by atoms with Gasteiger partial charge in [0.1, 0.15) is 5.75 Å². The van der Waals surface area contributed by atoms with Crippen molar-refractivity contribution in [3.05, 3.63) is 48.0 Å². The van der Waals surface area contributed by atoms with Gasteiger partial charge in [0, 0.05) is 39.1 Å². The second-order valence-corrected chi connectivity index (χ2v) is 5.88. The Hall–Kier alpha value is -2.34. The van der Waals surface area contributed by atoms with E-state index in [4.69, 9.17) is 4.74 Å². The molecule has 2 heterocycles. The van der Waals surface area contributed by atoms with Crippen molar-refractivity contribution in [2.75, 3.05) is 33.8 Å². The smallest absolute Gasteiger partial charge is 0.289 e. The number of piperazine rings is 1. The van der Waals surface area contributed by atoms with E-state index in [1.807, 2.05) is 24.1 Å². The number of methoxy groups -OCH3 is 1. The van der Waals surface area contributed by atoms with Gasteiger partial charge in [-0.2, -0.15) is 0 Å². The van der Waals surface area contributed by atoms with Crippen molar-refractivity contribution < 1.29 is 9.53 Å². The number of imidazole rings is 1. The van der Waals surface area contributed by atoms with Gasteiger partial charge >= 0.3 is 0 Å². The van der Waals surface area contributed by atoms with Gasteiger partial charge in [-0.05, 0) is 24.7 Å². The van der Waals surface area contributed by atoms with Gasteiger partial charge in [-0.15, -0.1) is 0 Å². The zero-order chi connectivity index (χ0) is 16.4. The molecule has 1 fully saturated rings. The van der Waals surface area contributed by atoms with Crippen LogP contribution in [0, 0.1) is 0 Å². The second kappa shape index (κ2) is 6.42. The predicted octanol–water partition coefficient (Wildman–Crippen LogP) is 1.56. The highest BCUT2D eigenvalue weighted by molar-refractivity contribution is 5.90. The van der Waals surface area contributed by atoms with E-state index in [1.165, 1.54) is 5.56 Å². The van der Waals surface area contributed by atoms with Crippen LogP contribution in [-0.2, 0) is 7.05 Å². The minimum atomic E-state index is -0.0101. The average Bonchev–Trinajstić information content (AvgIpc) is 3.01. The van der Waals surface area contributed by atoms with Crippen LogP contribution in [0.3, 0.4) is 0 Å². The molecule has 1 atom stereocenters. The van der Waals surface area contributed by atoms with Crippen LogP contribution in [-0.4, -0.2) is 59.0 Å². The summed E-state index contributed by atoms with van der Waals surface area (Å²) in [5, 5.41) is 0. The molecular weight excluding hydrogens is 292 g/mol. The third-order valence-electron chi connectivity index (χ3n) is 4.45. The highest BCUT2D eigenvalue weighted by atomic mass is 16.5. The summed E-state index contributed by atoms with van der Waals surface area (Å²) in [6, 6.07) is 8.23. The van der Waals surface area contributed by atoms with Gasteiger partial charge < -0.3 is 14.2 Å². The zero-order valence-electron chi connectivity index (χ0n) is 13.8. The maximum atomic E-state index is 12.7. The molecule has 0 bridgehead atoms. The zero-order valence-corrected chi connectivity index (χ0v) is 13.8. The van der Waals surface area contributed by atoms with Crippen molar-refractivity contribution in [1.82, 2.24) is 19.4 Å². The van der Waals surface area contributed by atoms with Crippen LogP contribution >= 0.6 is 0 Å². The molecule has 6 nitrogen and oxygen atoms in total. The Balaban J connectivity index is 1.78. The molecule has 23 heavy (non-hydrogen) atoms. The minimum Gasteiger partial charge on any atom is -0.497 e. The fourth-order valence-electron chi connectivity index (χ4n) is 2.96. The first-order chi connectivity index (χ1) is 11.1. The van der Waals surface area contributed by atoms with Crippen LogP contribution in [0.15, 0.2) is 36.7 Å². The molecule has 0 aliphatic carbocycles. The lowest BCUT2D eigenvalue weighted by Crippen LogP contribution is -2.49. The van der Waals surface area contributed by atoms with Gasteiger partial charge in [-0.1, -0.05) is 12.1 Å². The molecule has 3 rings (SSSR count). The maximum absolute atomic E-state index is 12.7. The molecule has 1 amide bonds. The minimum absolute atomic E-state index is 0.0101. The quantitative estimate of drug-likeness (QED) is 0.863. The number of carbonyl (C=O) groups excluding carboxylic acids is 1.